The van der Waals surface area contributed by atoms with E-state index >= 15 is 0 Å². The standard InChI is InChI=1S/C10H7BrOS2/c11-4-7-3-8-9(13)1-6(5-12)2-10(8)14-7/h1-3,5,13H,4H2. The number of thiol groups is 1. The van der Waals surface area contributed by atoms with Gasteiger partial charge in [0.05, 0.1) is 0 Å². The van der Waals surface area contributed by atoms with Gasteiger partial charge >= 0.3 is 0 Å². The Morgan fingerprint density at radius 2 is 2.21 bits per heavy atom. The van der Waals surface area contributed by atoms with Gasteiger partial charge in [-0.15, -0.1) is 24.0 Å². The molecule has 1 nitrogen and oxygen atoms in total. The molecule has 0 bridgehead atoms. The van der Waals surface area contributed by atoms with E-state index in [1.165, 1.54) is 4.88 Å². The van der Waals surface area contributed by atoms with Crippen molar-refractivity contribution in [2.24, 2.45) is 0 Å². The number of hydrogen-bond donors (Lipinski definition) is 1. The lowest BCUT2D eigenvalue weighted by Gasteiger charge is -1.95. The Labute approximate surface area is 99.7 Å². The first-order valence-electron chi connectivity index (χ1n) is 4.01. The van der Waals surface area contributed by atoms with Crippen LogP contribution in [-0.2, 0) is 5.33 Å². The monoisotopic (exact) mass is 286 g/mol. The molecule has 0 aliphatic heterocycles. The topological polar surface area (TPSA) is 17.1 Å². The average Bonchev–Trinajstić information content (AvgIpc) is 2.61. The molecule has 0 aliphatic carbocycles. The Morgan fingerprint density at radius 3 is 2.86 bits per heavy atom. The molecule has 0 atom stereocenters. The summed E-state index contributed by atoms with van der Waals surface area (Å²) in [6, 6.07) is 5.80. The van der Waals surface area contributed by atoms with Crippen LogP contribution in [0.15, 0.2) is 23.1 Å². The van der Waals surface area contributed by atoms with Crippen molar-refractivity contribution in [2.75, 3.05) is 0 Å². The summed E-state index contributed by atoms with van der Waals surface area (Å²) in [7, 11) is 0. The largest absolute Gasteiger partial charge is 0.298 e. The van der Waals surface area contributed by atoms with E-state index in [1.807, 2.05) is 6.07 Å². The van der Waals surface area contributed by atoms with Gasteiger partial charge < -0.3 is 0 Å². The maximum Gasteiger partial charge on any atom is 0.150 e. The second-order valence-corrected chi connectivity index (χ2v) is 5.13. The summed E-state index contributed by atoms with van der Waals surface area (Å²) in [6.07, 6.45) is 0.854. The van der Waals surface area contributed by atoms with Crippen molar-refractivity contribution in [1.82, 2.24) is 0 Å². The van der Waals surface area contributed by atoms with Gasteiger partial charge in [0, 0.05) is 30.8 Å². The van der Waals surface area contributed by atoms with Crippen molar-refractivity contribution in [3.63, 3.8) is 0 Å². The molecule has 0 fully saturated rings. The van der Waals surface area contributed by atoms with Crippen molar-refractivity contribution in [1.29, 1.82) is 0 Å². The number of fused-ring (bicyclic) bond motifs is 1. The second-order valence-electron chi connectivity index (χ2n) is 2.92. The molecular formula is C10H7BrOS2. The Morgan fingerprint density at radius 1 is 1.43 bits per heavy atom. The van der Waals surface area contributed by atoms with Gasteiger partial charge in [-0.2, -0.15) is 0 Å². The van der Waals surface area contributed by atoms with Crippen molar-refractivity contribution < 1.29 is 4.79 Å². The molecule has 0 saturated heterocycles. The number of halogens is 1. The average molecular weight is 287 g/mol. The normalized spacial score (nSPS) is 10.7. The molecule has 0 unspecified atom stereocenters. The lowest BCUT2D eigenvalue weighted by atomic mass is 10.2. The number of alkyl halides is 1. The number of hydrogen-bond acceptors (Lipinski definition) is 3. The van der Waals surface area contributed by atoms with E-state index in [2.05, 4.69) is 34.6 Å². The summed E-state index contributed by atoms with van der Waals surface area (Å²) < 4.78 is 1.12. The van der Waals surface area contributed by atoms with Gasteiger partial charge in [0.25, 0.3) is 0 Å². The number of carbonyl (C=O) groups excluding carboxylic acids is 1. The van der Waals surface area contributed by atoms with Gasteiger partial charge in [-0.1, -0.05) is 15.9 Å². The summed E-state index contributed by atoms with van der Waals surface area (Å²) in [5.41, 5.74) is 0.686. The lowest BCUT2D eigenvalue weighted by Crippen LogP contribution is -1.78. The molecule has 0 spiro atoms. The van der Waals surface area contributed by atoms with Crippen LogP contribution in [0.1, 0.15) is 15.2 Å². The Kier molecular flexibility index (Phi) is 2.95. The summed E-state index contributed by atoms with van der Waals surface area (Å²) >= 11 is 9.46. The van der Waals surface area contributed by atoms with Crippen LogP contribution in [0.3, 0.4) is 0 Å². The summed E-state index contributed by atoms with van der Waals surface area (Å²) in [5.74, 6) is 0. The zero-order valence-electron chi connectivity index (χ0n) is 7.16. The maximum absolute atomic E-state index is 10.6. The number of benzene rings is 1. The maximum atomic E-state index is 10.6. The molecule has 14 heavy (non-hydrogen) atoms. The van der Waals surface area contributed by atoms with Crippen LogP contribution in [0.4, 0.5) is 0 Å². The minimum atomic E-state index is 0.686. The SMILES string of the molecule is O=Cc1cc(S)c2cc(CBr)sc2c1. The Bertz CT molecular complexity index is 490. The zero-order chi connectivity index (χ0) is 10.1. The van der Waals surface area contributed by atoms with E-state index in [4.69, 9.17) is 0 Å². The molecule has 0 amide bonds. The molecule has 2 rings (SSSR count). The molecule has 0 radical (unpaired) electrons. The number of rotatable bonds is 2. The molecule has 0 N–H and O–H groups in total. The first-order valence-corrected chi connectivity index (χ1v) is 6.39. The highest BCUT2D eigenvalue weighted by atomic mass is 79.9. The summed E-state index contributed by atoms with van der Waals surface area (Å²) in [6.45, 7) is 0. The van der Waals surface area contributed by atoms with Crippen LogP contribution >= 0.6 is 39.9 Å². The molecule has 72 valence electrons. The Hall–Kier alpha value is -0.320. The molecule has 0 saturated carbocycles. The molecule has 1 aromatic carbocycles. The van der Waals surface area contributed by atoms with E-state index in [0.717, 1.165) is 26.6 Å². The van der Waals surface area contributed by atoms with Crippen LogP contribution in [0.2, 0.25) is 0 Å². The number of thiophene rings is 1. The predicted molar refractivity (Wildman–Crippen MR) is 67.1 cm³/mol. The van der Waals surface area contributed by atoms with Gasteiger partial charge in [0.15, 0.2) is 0 Å². The predicted octanol–water partition coefficient (Wildman–Crippen LogP) is 3.90. The van der Waals surface area contributed by atoms with Crippen molar-refractivity contribution in [3.8, 4) is 0 Å². The van der Waals surface area contributed by atoms with Crippen molar-refractivity contribution in [3.05, 3.63) is 28.6 Å². The fourth-order valence-corrected chi connectivity index (χ4v) is 3.23. The highest BCUT2D eigenvalue weighted by Crippen LogP contribution is 2.32. The third-order valence-electron chi connectivity index (χ3n) is 1.96. The zero-order valence-corrected chi connectivity index (χ0v) is 10.5. The highest BCUT2D eigenvalue weighted by molar-refractivity contribution is 9.08. The first-order chi connectivity index (χ1) is 6.74. The van der Waals surface area contributed by atoms with Crippen molar-refractivity contribution in [2.45, 2.75) is 10.2 Å². The number of carbonyl (C=O) groups is 1. The van der Waals surface area contributed by atoms with Crippen LogP contribution in [0.25, 0.3) is 10.1 Å². The van der Waals surface area contributed by atoms with Crippen LogP contribution in [0, 0.1) is 0 Å². The van der Waals surface area contributed by atoms with Crippen LogP contribution in [0.5, 0.6) is 0 Å². The third-order valence-corrected chi connectivity index (χ3v) is 4.38. The molecule has 4 heteroatoms. The fourth-order valence-electron chi connectivity index (χ4n) is 1.33. The lowest BCUT2D eigenvalue weighted by molar-refractivity contribution is 0.112. The molecule has 2 aromatic rings. The van der Waals surface area contributed by atoms with E-state index < -0.39 is 0 Å². The smallest absolute Gasteiger partial charge is 0.150 e. The van der Waals surface area contributed by atoms with Gasteiger partial charge in [-0.05, 0) is 18.2 Å². The minimum Gasteiger partial charge on any atom is -0.298 e. The van der Waals surface area contributed by atoms with E-state index in [1.54, 1.807) is 17.4 Å². The van der Waals surface area contributed by atoms with E-state index in [-0.39, 0.29) is 0 Å². The number of aldehydes is 1. The Balaban J connectivity index is 2.73. The first kappa shape index (κ1) is 10.2. The van der Waals surface area contributed by atoms with Gasteiger partial charge in [-0.3, -0.25) is 4.79 Å². The van der Waals surface area contributed by atoms with Crippen LogP contribution < -0.4 is 0 Å². The van der Waals surface area contributed by atoms with Crippen LogP contribution in [-0.4, -0.2) is 6.29 Å². The quantitative estimate of drug-likeness (QED) is 0.503. The second kappa shape index (κ2) is 4.04. The molecule has 0 aliphatic rings. The van der Waals surface area contributed by atoms with Gasteiger partial charge in [0.1, 0.15) is 6.29 Å². The van der Waals surface area contributed by atoms with Crippen molar-refractivity contribution >= 4 is 56.3 Å². The molecule has 1 aromatic heterocycles. The third kappa shape index (κ3) is 1.74. The highest BCUT2D eigenvalue weighted by Gasteiger charge is 2.05. The molecular weight excluding hydrogens is 280 g/mol. The molecule has 1 heterocycles. The fraction of sp³-hybridized carbons (Fsp3) is 0.100. The summed E-state index contributed by atoms with van der Waals surface area (Å²) in [5, 5.41) is 1.97. The van der Waals surface area contributed by atoms with Gasteiger partial charge in [0.2, 0.25) is 0 Å². The van der Waals surface area contributed by atoms with E-state index in [0.29, 0.717) is 5.56 Å². The summed E-state index contributed by atoms with van der Waals surface area (Å²) in [4.78, 5) is 12.8. The van der Waals surface area contributed by atoms with Gasteiger partial charge in [-0.25, -0.2) is 0 Å². The van der Waals surface area contributed by atoms with E-state index in [9.17, 15) is 4.79 Å². The minimum absolute atomic E-state index is 0.686.